The molecule has 1 aliphatic heterocycles. The number of rotatable bonds is 0. The van der Waals surface area contributed by atoms with Gasteiger partial charge in [0.15, 0.2) is 0 Å². The Morgan fingerprint density at radius 1 is 0.700 bits per heavy atom. The van der Waals surface area contributed by atoms with E-state index in [1.165, 1.54) is 0 Å². The number of allylic oxidation sites excluding steroid dienone is 6. The molecule has 0 saturated carbocycles. The van der Waals surface area contributed by atoms with E-state index >= 15 is 0 Å². The molecule has 0 N–H and O–H groups in total. The van der Waals surface area contributed by atoms with Gasteiger partial charge in [-0.3, -0.25) is 0 Å². The van der Waals surface area contributed by atoms with Gasteiger partial charge in [0.1, 0.15) is 0 Å². The molecule has 1 aliphatic rings. The van der Waals surface area contributed by atoms with Crippen LogP contribution in [-0.2, 0) is 14.4 Å². The van der Waals surface area contributed by atoms with Crippen LogP contribution in [0, 0.1) is 0 Å². The molecule has 0 unspecified atom stereocenters. The molecular formula is C8H8FeS. The Balaban J connectivity index is 2.80. The molecule has 0 aliphatic carbocycles. The van der Waals surface area contributed by atoms with Crippen molar-refractivity contribution in [2.24, 2.45) is 0 Å². The molecule has 0 nitrogen and oxygen atoms in total. The van der Waals surface area contributed by atoms with Gasteiger partial charge in [0.25, 0.3) is 0 Å². The van der Waals surface area contributed by atoms with E-state index < -0.39 is 0 Å². The molecular weight excluding hydrogens is 184 g/mol. The van der Waals surface area contributed by atoms with Crippen LogP contribution in [-0.4, -0.2) is 0 Å². The second kappa shape index (κ2) is 4.62. The van der Waals surface area contributed by atoms with Gasteiger partial charge >= 0.3 is 70.5 Å². The minimum absolute atomic E-state index is 0.0566. The fourth-order valence-corrected chi connectivity index (χ4v) is 1.62. The van der Waals surface area contributed by atoms with Crippen LogP contribution in [0.2, 0.25) is 0 Å². The van der Waals surface area contributed by atoms with Gasteiger partial charge < -0.3 is 0 Å². The first-order valence-corrected chi connectivity index (χ1v) is 5.53. The van der Waals surface area contributed by atoms with Crippen molar-refractivity contribution in [1.82, 2.24) is 0 Å². The van der Waals surface area contributed by atoms with Crippen LogP contribution in [0.4, 0.5) is 0 Å². The summed E-state index contributed by atoms with van der Waals surface area (Å²) in [6.45, 7) is 0. The quantitative estimate of drug-likeness (QED) is 0.517. The van der Waals surface area contributed by atoms with Crippen molar-refractivity contribution in [3.05, 3.63) is 47.3 Å². The van der Waals surface area contributed by atoms with E-state index in [1.54, 1.807) is 0 Å². The van der Waals surface area contributed by atoms with Gasteiger partial charge in [-0.25, -0.2) is 0 Å². The molecule has 0 atom stereocenters. The SMILES string of the molecule is [Fe]=[S]1\C=C/C=C\C=C/C=C\1. The second-order valence-corrected chi connectivity index (χ2v) is 4.44. The summed E-state index contributed by atoms with van der Waals surface area (Å²) in [6, 6.07) is 0. The third-order valence-corrected chi connectivity index (χ3v) is 2.69. The summed E-state index contributed by atoms with van der Waals surface area (Å²) in [5.74, 6) is 0. The monoisotopic (exact) mass is 192 g/mol. The maximum atomic E-state index is 3.93. The first kappa shape index (κ1) is 7.93. The molecule has 2 heteroatoms. The summed E-state index contributed by atoms with van der Waals surface area (Å²) in [5, 5.41) is 4.17. The van der Waals surface area contributed by atoms with Gasteiger partial charge in [-0.2, -0.15) is 0 Å². The zero-order valence-corrected chi connectivity index (χ0v) is 7.30. The molecule has 0 amide bonds. The number of hydrogen-bond donors (Lipinski definition) is 0. The maximum absolute atomic E-state index is 3.93. The third kappa shape index (κ3) is 3.11. The molecule has 54 valence electrons. The molecule has 0 fully saturated rings. The summed E-state index contributed by atoms with van der Waals surface area (Å²) >= 11 is 3.93. The van der Waals surface area contributed by atoms with Crippen molar-refractivity contribution in [3.8, 4) is 0 Å². The van der Waals surface area contributed by atoms with Crippen molar-refractivity contribution in [3.63, 3.8) is 0 Å². The summed E-state index contributed by atoms with van der Waals surface area (Å²) in [4.78, 5) is 0. The van der Waals surface area contributed by atoms with Gasteiger partial charge in [-0.05, 0) is 0 Å². The van der Waals surface area contributed by atoms with Crippen molar-refractivity contribution in [1.29, 1.82) is 0 Å². The van der Waals surface area contributed by atoms with E-state index in [4.69, 9.17) is 0 Å². The molecule has 0 bridgehead atoms. The Morgan fingerprint density at radius 3 is 1.60 bits per heavy atom. The van der Waals surface area contributed by atoms with Crippen LogP contribution in [0.25, 0.3) is 0 Å². The van der Waals surface area contributed by atoms with Crippen LogP contribution in [0.1, 0.15) is 0 Å². The van der Waals surface area contributed by atoms with E-state index in [0.717, 1.165) is 0 Å². The van der Waals surface area contributed by atoms with Gasteiger partial charge in [0.2, 0.25) is 0 Å². The average molecular weight is 192 g/mol. The predicted molar refractivity (Wildman–Crippen MR) is 44.2 cm³/mol. The van der Waals surface area contributed by atoms with Crippen LogP contribution in [0.3, 0.4) is 0 Å². The number of hydrogen-bond acceptors (Lipinski definition) is 0. The van der Waals surface area contributed by atoms with Gasteiger partial charge in [0.05, 0.1) is 0 Å². The van der Waals surface area contributed by atoms with Gasteiger partial charge in [-0.15, -0.1) is 0 Å². The molecule has 0 aromatic rings. The van der Waals surface area contributed by atoms with Crippen LogP contribution >= 0.6 is 8.82 Å². The Labute approximate surface area is 70.6 Å². The Hall–Kier alpha value is -0.171. The van der Waals surface area contributed by atoms with E-state index in [-0.39, 0.29) is 8.82 Å². The van der Waals surface area contributed by atoms with Gasteiger partial charge in [0, 0.05) is 0 Å². The summed E-state index contributed by atoms with van der Waals surface area (Å²) in [5.41, 5.74) is 0. The topological polar surface area (TPSA) is 0 Å². The van der Waals surface area contributed by atoms with E-state index in [1.807, 2.05) is 36.5 Å². The van der Waals surface area contributed by atoms with Crippen molar-refractivity contribution >= 4 is 8.82 Å². The zero-order chi connectivity index (χ0) is 7.23. The fraction of sp³-hybridized carbons (Fsp3) is 0. The van der Waals surface area contributed by atoms with E-state index in [2.05, 4.69) is 25.2 Å². The summed E-state index contributed by atoms with van der Waals surface area (Å²) in [7, 11) is 0.0566. The molecule has 10 heavy (non-hydrogen) atoms. The first-order valence-electron chi connectivity index (χ1n) is 2.95. The normalized spacial score (nSPS) is 31.3. The molecule has 1 heterocycles. The third-order valence-electron chi connectivity index (χ3n) is 0.966. The van der Waals surface area contributed by atoms with Crippen LogP contribution in [0.5, 0.6) is 0 Å². The Bertz CT molecular complexity index is 210. The fourth-order valence-electron chi connectivity index (χ4n) is 0.539. The predicted octanol–water partition coefficient (Wildman–Crippen LogP) is 2.87. The van der Waals surface area contributed by atoms with E-state index in [0.29, 0.717) is 0 Å². The second-order valence-electron chi connectivity index (χ2n) is 1.73. The molecule has 0 radical (unpaired) electrons. The van der Waals surface area contributed by atoms with Crippen LogP contribution in [0.15, 0.2) is 47.3 Å². The minimum atomic E-state index is 0.0566. The van der Waals surface area contributed by atoms with Crippen molar-refractivity contribution in [2.45, 2.75) is 0 Å². The summed E-state index contributed by atoms with van der Waals surface area (Å²) < 4.78 is 0. The molecule has 1 rings (SSSR count). The van der Waals surface area contributed by atoms with Gasteiger partial charge in [-0.1, -0.05) is 0 Å². The molecule has 0 aromatic carbocycles. The molecule has 0 spiro atoms. The Morgan fingerprint density at radius 2 is 1.10 bits per heavy atom. The zero-order valence-electron chi connectivity index (χ0n) is 5.38. The Kier molecular flexibility index (Phi) is 3.66. The average Bonchev–Trinajstić information content (AvgIpc) is 2.02. The summed E-state index contributed by atoms with van der Waals surface area (Å²) in [6.07, 6.45) is 12.1. The van der Waals surface area contributed by atoms with E-state index in [9.17, 15) is 0 Å². The molecule has 0 saturated heterocycles. The first-order chi connectivity index (χ1) is 4.89. The van der Waals surface area contributed by atoms with Crippen LogP contribution < -0.4 is 0 Å². The van der Waals surface area contributed by atoms with Crippen molar-refractivity contribution in [2.75, 3.05) is 0 Å². The standard InChI is InChI=1S/C8H8S.Fe/c1-2-4-6-8-9-7-5-3-1;/h1-8H;/b3-1-,4-2-,7-5-,8-6-;. The molecule has 0 aromatic heterocycles. The van der Waals surface area contributed by atoms with Crippen molar-refractivity contribution < 1.29 is 14.4 Å².